The fraction of sp³-hybridized carbons (Fsp3) is 0.878. The average Bonchev–Trinajstić information content (AvgIpc) is 3.46. The Morgan fingerprint density at radius 1 is 0.250 bits per heavy atom. The molecule has 1 unspecified atom stereocenters. The van der Waals surface area contributed by atoms with E-state index in [1.807, 2.05) is 0 Å². The molecule has 0 radical (unpaired) electrons. The molecular formula is C74H138O6. The molecule has 0 amide bonds. The minimum absolute atomic E-state index is 0.0719. The normalized spacial score (nSPS) is 12.2. The van der Waals surface area contributed by atoms with Gasteiger partial charge in [0.2, 0.25) is 0 Å². The van der Waals surface area contributed by atoms with Crippen molar-refractivity contribution >= 4 is 17.9 Å². The molecule has 0 N–H and O–H groups in total. The Kier molecular flexibility index (Phi) is 67.1. The fourth-order valence-corrected chi connectivity index (χ4v) is 10.9. The molecule has 1 atom stereocenters. The molecule has 0 heterocycles. The molecule has 0 aromatic carbocycles. The lowest BCUT2D eigenvalue weighted by Gasteiger charge is -2.18. The van der Waals surface area contributed by atoms with Crippen molar-refractivity contribution in [3.8, 4) is 0 Å². The van der Waals surface area contributed by atoms with E-state index in [2.05, 4.69) is 57.2 Å². The van der Waals surface area contributed by atoms with Crippen molar-refractivity contribution in [3.63, 3.8) is 0 Å². The van der Waals surface area contributed by atoms with Crippen molar-refractivity contribution in [2.24, 2.45) is 0 Å². The van der Waals surface area contributed by atoms with Crippen LogP contribution in [0.3, 0.4) is 0 Å². The van der Waals surface area contributed by atoms with E-state index in [1.165, 1.54) is 289 Å². The second-order valence-electron chi connectivity index (χ2n) is 24.5. The molecule has 0 spiro atoms. The molecule has 80 heavy (non-hydrogen) atoms. The zero-order valence-electron chi connectivity index (χ0n) is 54.1. The molecule has 6 heteroatoms. The van der Waals surface area contributed by atoms with Gasteiger partial charge in [0.05, 0.1) is 0 Å². The van der Waals surface area contributed by atoms with Gasteiger partial charge in [-0.2, -0.15) is 0 Å². The maximum atomic E-state index is 12.9. The molecule has 0 saturated heterocycles. The van der Waals surface area contributed by atoms with Crippen LogP contribution in [0.25, 0.3) is 0 Å². The molecule has 6 nitrogen and oxygen atoms in total. The van der Waals surface area contributed by atoms with Crippen LogP contribution in [0.5, 0.6) is 0 Å². The van der Waals surface area contributed by atoms with Crippen molar-refractivity contribution < 1.29 is 28.6 Å². The first-order valence-corrected chi connectivity index (χ1v) is 36.0. The van der Waals surface area contributed by atoms with E-state index in [0.717, 1.165) is 70.6 Å². The second-order valence-corrected chi connectivity index (χ2v) is 24.5. The predicted octanol–water partition coefficient (Wildman–Crippen LogP) is 24.7. The topological polar surface area (TPSA) is 78.9 Å². The van der Waals surface area contributed by atoms with Gasteiger partial charge in [0.1, 0.15) is 13.2 Å². The maximum absolute atomic E-state index is 12.9. The van der Waals surface area contributed by atoms with Crippen LogP contribution in [0.1, 0.15) is 400 Å². The number of allylic oxidation sites excluding steroid dienone is 6. The van der Waals surface area contributed by atoms with Crippen LogP contribution in [0.4, 0.5) is 0 Å². The summed E-state index contributed by atoms with van der Waals surface area (Å²) in [6.45, 7) is 6.67. The molecule has 0 aliphatic rings. The van der Waals surface area contributed by atoms with E-state index < -0.39 is 6.10 Å². The molecule has 0 rings (SSSR count). The van der Waals surface area contributed by atoms with Crippen LogP contribution in [0, 0.1) is 0 Å². The zero-order valence-corrected chi connectivity index (χ0v) is 54.1. The Balaban J connectivity index is 4.19. The van der Waals surface area contributed by atoms with E-state index in [9.17, 15) is 14.4 Å². The van der Waals surface area contributed by atoms with Crippen LogP contribution < -0.4 is 0 Å². The smallest absolute Gasteiger partial charge is 0.306 e. The van der Waals surface area contributed by atoms with E-state index in [-0.39, 0.29) is 31.1 Å². The summed E-state index contributed by atoms with van der Waals surface area (Å²) in [7, 11) is 0. The van der Waals surface area contributed by atoms with E-state index in [1.54, 1.807) is 0 Å². The third-order valence-electron chi connectivity index (χ3n) is 16.4. The van der Waals surface area contributed by atoms with Crippen LogP contribution in [0.15, 0.2) is 36.5 Å². The minimum Gasteiger partial charge on any atom is -0.462 e. The predicted molar refractivity (Wildman–Crippen MR) is 349 cm³/mol. The van der Waals surface area contributed by atoms with Crippen LogP contribution in [0.2, 0.25) is 0 Å². The first kappa shape index (κ1) is 77.6. The van der Waals surface area contributed by atoms with Gasteiger partial charge in [-0.3, -0.25) is 14.4 Å². The summed E-state index contributed by atoms with van der Waals surface area (Å²) in [4.78, 5) is 38.4. The highest BCUT2D eigenvalue weighted by molar-refractivity contribution is 5.71. The lowest BCUT2D eigenvalue weighted by atomic mass is 10.0. The fourth-order valence-electron chi connectivity index (χ4n) is 10.9. The molecule has 0 aromatic heterocycles. The van der Waals surface area contributed by atoms with Gasteiger partial charge in [-0.05, 0) is 77.0 Å². The molecule has 0 aliphatic heterocycles. The molecule has 0 aliphatic carbocycles. The summed E-state index contributed by atoms with van der Waals surface area (Å²) in [5.41, 5.74) is 0. The summed E-state index contributed by atoms with van der Waals surface area (Å²) >= 11 is 0. The van der Waals surface area contributed by atoms with Gasteiger partial charge in [-0.25, -0.2) is 0 Å². The van der Waals surface area contributed by atoms with Crippen molar-refractivity contribution in [1.29, 1.82) is 0 Å². The third-order valence-corrected chi connectivity index (χ3v) is 16.4. The van der Waals surface area contributed by atoms with Gasteiger partial charge in [-0.15, -0.1) is 0 Å². The monoisotopic (exact) mass is 1120 g/mol. The summed E-state index contributed by atoms with van der Waals surface area (Å²) < 4.78 is 17.0. The minimum atomic E-state index is -0.777. The molecule has 470 valence electrons. The van der Waals surface area contributed by atoms with Crippen molar-refractivity contribution in [3.05, 3.63) is 36.5 Å². The summed E-state index contributed by atoms with van der Waals surface area (Å²) in [6, 6.07) is 0. The van der Waals surface area contributed by atoms with Gasteiger partial charge >= 0.3 is 17.9 Å². The molecule has 0 aromatic rings. The molecule has 0 bridgehead atoms. The van der Waals surface area contributed by atoms with Crippen LogP contribution in [-0.4, -0.2) is 37.2 Å². The molecule has 0 saturated carbocycles. The van der Waals surface area contributed by atoms with Crippen molar-refractivity contribution in [2.45, 2.75) is 406 Å². The number of rotatable bonds is 67. The number of esters is 3. The van der Waals surface area contributed by atoms with E-state index in [0.29, 0.717) is 19.3 Å². The van der Waals surface area contributed by atoms with Gasteiger partial charge in [0.15, 0.2) is 6.10 Å². The third kappa shape index (κ3) is 66.4. The van der Waals surface area contributed by atoms with E-state index >= 15 is 0 Å². The Bertz CT molecular complexity index is 1340. The highest BCUT2D eigenvalue weighted by Gasteiger charge is 2.19. The molecular weight excluding hydrogens is 985 g/mol. The Morgan fingerprint density at radius 3 is 0.725 bits per heavy atom. The Labute approximate surface area is 499 Å². The largest absolute Gasteiger partial charge is 0.462 e. The first-order valence-electron chi connectivity index (χ1n) is 36.0. The molecule has 0 fully saturated rings. The van der Waals surface area contributed by atoms with Gasteiger partial charge < -0.3 is 14.2 Å². The lowest BCUT2D eigenvalue weighted by molar-refractivity contribution is -0.167. The van der Waals surface area contributed by atoms with Crippen molar-refractivity contribution in [1.82, 2.24) is 0 Å². The average molecular weight is 1120 g/mol. The van der Waals surface area contributed by atoms with Crippen molar-refractivity contribution in [2.75, 3.05) is 13.2 Å². The highest BCUT2D eigenvalue weighted by Crippen LogP contribution is 2.19. The standard InChI is InChI=1S/C74H138O6/c1-4-7-10-13-16-19-22-25-28-30-32-33-34-35-36-37-38-39-40-41-43-44-46-49-52-55-58-61-64-67-73(76)79-70-71(69-78-72(75)66-63-60-57-54-51-48-27-24-21-18-15-12-9-6-3)80-74(77)68-65-62-59-56-53-50-47-45-42-31-29-26-23-20-17-14-11-8-5-2/h17,20,24,26-27,29,71H,4-16,18-19,21-23,25,28,30-70H2,1-3H3/b20-17-,27-24-,29-26-. The number of hydrogen-bond donors (Lipinski definition) is 0. The number of carbonyl (C=O) groups is 3. The highest BCUT2D eigenvalue weighted by atomic mass is 16.6. The van der Waals surface area contributed by atoms with Crippen LogP contribution >= 0.6 is 0 Å². The maximum Gasteiger partial charge on any atom is 0.306 e. The van der Waals surface area contributed by atoms with Gasteiger partial charge in [-0.1, -0.05) is 340 Å². The number of hydrogen-bond acceptors (Lipinski definition) is 6. The quantitative estimate of drug-likeness (QED) is 0.0261. The lowest BCUT2D eigenvalue weighted by Crippen LogP contribution is -2.30. The van der Waals surface area contributed by atoms with Gasteiger partial charge in [0.25, 0.3) is 0 Å². The number of carbonyl (C=O) groups excluding carboxylic acids is 3. The Morgan fingerprint density at radius 2 is 0.450 bits per heavy atom. The Hall–Kier alpha value is -2.37. The number of ether oxygens (including phenoxy) is 3. The first-order chi connectivity index (χ1) is 39.5. The zero-order chi connectivity index (χ0) is 57.8. The van der Waals surface area contributed by atoms with Crippen LogP contribution in [-0.2, 0) is 28.6 Å². The van der Waals surface area contributed by atoms with E-state index in [4.69, 9.17) is 14.2 Å². The second kappa shape index (κ2) is 69.1. The summed E-state index contributed by atoms with van der Waals surface area (Å²) in [5.74, 6) is -0.857. The summed E-state index contributed by atoms with van der Waals surface area (Å²) in [6.07, 6.45) is 86.1. The number of unbranched alkanes of at least 4 members (excludes halogenated alkanes) is 50. The summed E-state index contributed by atoms with van der Waals surface area (Å²) in [5, 5.41) is 0. The van der Waals surface area contributed by atoms with Gasteiger partial charge in [0, 0.05) is 19.3 Å². The SMILES string of the molecule is CCCCC/C=C\C/C=C\CCCCCCCCCCCC(=O)OC(COC(=O)CCCCCCC/C=C\CCCCCCC)COC(=O)CCCCCCCCCCCCCCCCCCCCCCCCCCCCCCC.